The molecule has 5 rings (SSSR count). The van der Waals surface area contributed by atoms with Gasteiger partial charge >= 0.3 is 0 Å². The minimum absolute atomic E-state index is 0.157. The fourth-order valence-corrected chi connectivity index (χ4v) is 4.37. The van der Waals surface area contributed by atoms with E-state index in [1.807, 2.05) is 45.0 Å². The van der Waals surface area contributed by atoms with Gasteiger partial charge in [-0.2, -0.15) is 4.98 Å². The van der Waals surface area contributed by atoms with Crippen molar-refractivity contribution in [2.24, 2.45) is 0 Å². The van der Waals surface area contributed by atoms with Crippen molar-refractivity contribution in [3.63, 3.8) is 0 Å². The van der Waals surface area contributed by atoms with Crippen LogP contribution in [0.5, 0.6) is 17.4 Å². The van der Waals surface area contributed by atoms with Crippen LogP contribution >= 0.6 is 0 Å². The third-order valence-corrected chi connectivity index (χ3v) is 6.12. The molecule has 0 fully saturated rings. The number of benzene rings is 2. The Labute approximate surface area is 224 Å². The third-order valence-electron chi connectivity index (χ3n) is 6.12. The van der Waals surface area contributed by atoms with E-state index in [0.717, 1.165) is 18.2 Å². The number of fused-ring (bicyclic) bond motifs is 1. The lowest BCUT2D eigenvalue weighted by Gasteiger charge is -2.20. The molecule has 5 aromatic rings. The molecule has 0 spiro atoms. The van der Waals surface area contributed by atoms with Gasteiger partial charge in [0.2, 0.25) is 11.8 Å². The highest BCUT2D eigenvalue weighted by Gasteiger charge is 2.27. The van der Waals surface area contributed by atoms with Crippen LogP contribution in [-0.2, 0) is 12.8 Å². The summed E-state index contributed by atoms with van der Waals surface area (Å²) in [4.78, 5) is 18.5. The lowest BCUT2D eigenvalue weighted by molar-refractivity contribution is 0.320. The van der Waals surface area contributed by atoms with E-state index in [2.05, 4.69) is 20.3 Å². The van der Waals surface area contributed by atoms with Crippen LogP contribution < -0.4 is 15.0 Å². The van der Waals surface area contributed by atoms with Gasteiger partial charge in [-0.3, -0.25) is 9.36 Å². The molecule has 0 aliphatic carbocycles. The van der Waals surface area contributed by atoms with Crippen molar-refractivity contribution in [3.05, 3.63) is 70.2 Å². The smallest absolute Gasteiger partial charge is 0.275 e. The number of hydrogen-bond donors (Lipinski definition) is 1. The van der Waals surface area contributed by atoms with Crippen LogP contribution in [0, 0.1) is 0 Å². The molecular formula is C28H29N5O6. The molecule has 0 aliphatic heterocycles. The summed E-state index contributed by atoms with van der Waals surface area (Å²) < 4.78 is 24.3. The Morgan fingerprint density at radius 1 is 0.974 bits per heavy atom. The highest BCUT2D eigenvalue weighted by molar-refractivity contribution is 5.79. The molecule has 2 aromatic carbocycles. The van der Waals surface area contributed by atoms with E-state index in [0.29, 0.717) is 53.9 Å². The zero-order chi connectivity index (χ0) is 27.4. The van der Waals surface area contributed by atoms with Crippen molar-refractivity contribution in [2.45, 2.75) is 46.5 Å². The summed E-state index contributed by atoms with van der Waals surface area (Å²) in [5.74, 6) is 0.822. The molecular weight excluding hydrogens is 502 g/mol. The largest absolute Gasteiger partial charge is 0.493 e. The van der Waals surface area contributed by atoms with Crippen molar-refractivity contribution >= 4 is 11.0 Å². The molecule has 0 atom stereocenters. The fraction of sp³-hybridized carbons (Fsp3) is 0.321. The molecule has 3 heterocycles. The van der Waals surface area contributed by atoms with Crippen LogP contribution in [0.2, 0.25) is 0 Å². The molecule has 3 aromatic heterocycles. The predicted octanol–water partition coefficient (Wildman–Crippen LogP) is 4.86. The second-order valence-electron chi connectivity index (χ2n) is 8.74. The van der Waals surface area contributed by atoms with Gasteiger partial charge in [-0.15, -0.1) is 10.2 Å². The molecule has 0 bridgehead atoms. The van der Waals surface area contributed by atoms with E-state index in [1.54, 1.807) is 18.2 Å². The third kappa shape index (κ3) is 5.07. The molecule has 0 aliphatic rings. The molecule has 202 valence electrons. The van der Waals surface area contributed by atoms with Gasteiger partial charge in [0.25, 0.3) is 11.4 Å². The highest BCUT2D eigenvalue weighted by atomic mass is 16.5. The highest BCUT2D eigenvalue weighted by Crippen LogP contribution is 2.35. The summed E-state index contributed by atoms with van der Waals surface area (Å²) >= 11 is 0. The number of para-hydroxylation sites is 2. The maximum absolute atomic E-state index is 14.1. The van der Waals surface area contributed by atoms with Crippen molar-refractivity contribution < 1.29 is 23.5 Å². The molecule has 0 saturated heterocycles. The SMILES string of the molecule is CCCCc1nc(O)c(-c2nnc(Cc3noc4ccccc34)o2)c(=O)n1-c1c(OCC)cccc1OCC. The van der Waals surface area contributed by atoms with E-state index >= 15 is 0 Å². The average Bonchev–Trinajstić information content (AvgIpc) is 3.56. The first kappa shape index (κ1) is 26.0. The van der Waals surface area contributed by atoms with Crippen LogP contribution in [0.25, 0.3) is 28.1 Å². The van der Waals surface area contributed by atoms with Gasteiger partial charge in [0.15, 0.2) is 11.1 Å². The van der Waals surface area contributed by atoms with Crippen LogP contribution in [0.3, 0.4) is 0 Å². The van der Waals surface area contributed by atoms with Gasteiger partial charge in [-0.25, -0.2) is 0 Å². The molecule has 1 N–H and O–H groups in total. The van der Waals surface area contributed by atoms with Gasteiger partial charge in [-0.05, 0) is 44.5 Å². The summed E-state index contributed by atoms with van der Waals surface area (Å²) in [6, 6.07) is 12.7. The summed E-state index contributed by atoms with van der Waals surface area (Å²) in [6.45, 7) is 6.51. The van der Waals surface area contributed by atoms with Gasteiger partial charge in [0.05, 0.1) is 19.6 Å². The van der Waals surface area contributed by atoms with Crippen molar-refractivity contribution in [2.75, 3.05) is 13.2 Å². The molecule has 0 saturated carbocycles. The minimum atomic E-state index is -0.580. The van der Waals surface area contributed by atoms with Crippen molar-refractivity contribution in [1.82, 2.24) is 24.9 Å². The maximum atomic E-state index is 14.1. The predicted molar refractivity (Wildman–Crippen MR) is 143 cm³/mol. The van der Waals surface area contributed by atoms with E-state index in [-0.39, 0.29) is 23.8 Å². The minimum Gasteiger partial charge on any atom is -0.493 e. The Kier molecular flexibility index (Phi) is 7.57. The first-order valence-electron chi connectivity index (χ1n) is 13.0. The Balaban J connectivity index is 1.64. The Bertz CT molecular complexity index is 1630. The number of rotatable bonds is 11. The summed E-state index contributed by atoms with van der Waals surface area (Å²) in [5, 5.41) is 24.0. The standard InChI is InChI=1S/C28H29N5O6/c1-4-7-15-22-29-26(34)24(28(35)33(22)25-20(36-5-2)13-10-14-21(25)37-6-3)27-31-30-23(38-27)16-18-17-11-8-9-12-19(17)39-32-18/h8-14,34H,4-7,15-16H2,1-3H3. The number of unbranched alkanes of at least 4 members (excludes halogenated alkanes) is 1. The second-order valence-corrected chi connectivity index (χ2v) is 8.74. The van der Waals surface area contributed by atoms with Gasteiger partial charge < -0.3 is 23.5 Å². The first-order valence-corrected chi connectivity index (χ1v) is 13.0. The van der Waals surface area contributed by atoms with Gasteiger partial charge in [0.1, 0.15) is 28.7 Å². The Morgan fingerprint density at radius 2 is 1.72 bits per heavy atom. The number of hydrogen-bond acceptors (Lipinski definition) is 10. The van der Waals surface area contributed by atoms with Gasteiger partial charge in [0, 0.05) is 11.8 Å². The maximum Gasteiger partial charge on any atom is 0.275 e. The summed E-state index contributed by atoms with van der Waals surface area (Å²) in [5.41, 5.74) is 0.858. The van der Waals surface area contributed by atoms with E-state index in [4.69, 9.17) is 18.4 Å². The van der Waals surface area contributed by atoms with Crippen molar-refractivity contribution in [3.8, 4) is 34.5 Å². The lowest BCUT2D eigenvalue weighted by Crippen LogP contribution is -2.26. The number of nitrogens with zero attached hydrogens (tertiary/aromatic N) is 5. The van der Waals surface area contributed by atoms with E-state index < -0.39 is 11.4 Å². The summed E-state index contributed by atoms with van der Waals surface area (Å²) in [6.07, 6.45) is 2.25. The van der Waals surface area contributed by atoms with E-state index in [1.165, 1.54) is 4.57 Å². The topological polar surface area (TPSA) is 139 Å². The average molecular weight is 532 g/mol. The molecule has 0 unspecified atom stereocenters. The monoisotopic (exact) mass is 531 g/mol. The zero-order valence-electron chi connectivity index (χ0n) is 22.0. The zero-order valence-corrected chi connectivity index (χ0v) is 22.0. The molecule has 11 nitrogen and oxygen atoms in total. The second kappa shape index (κ2) is 11.4. The molecule has 11 heteroatoms. The number of aromatic hydroxyl groups is 1. The Morgan fingerprint density at radius 3 is 2.44 bits per heavy atom. The lowest BCUT2D eigenvalue weighted by atomic mass is 10.2. The van der Waals surface area contributed by atoms with Gasteiger partial charge in [-0.1, -0.05) is 36.7 Å². The number of ether oxygens (including phenoxy) is 2. The van der Waals surface area contributed by atoms with Crippen LogP contribution in [0.1, 0.15) is 51.0 Å². The summed E-state index contributed by atoms with van der Waals surface area (Å²) in [7, 11) is 0. The van der Waals surface area contributed by atoms with Crippen LogP contribution in [0.4, 0.5) is 0 Å². The molecule has 0 radical (unpaired) electrons. The van der Waals surface area contributed by atoms with Crippen LogP contribution in [0.15, 0.2) is 56.2 Å². The Hall–Kier alpha value is -4.67. The van der Waals surface area contributed by atoms with Crippen molar-refractivity contribution in [1.29, 1.82) is 0 Å². The normalized spacial score (nSPS) is 11.3. The number of aromatic nitrogens is 5. The molecule has 39 heavy (non-hydrogen) atoms. The van der Waals surface area contributed by atoms with Crippen LogP contribution in [-0.4, -0.2) is 43.2 Å². The molecule has 0 amide bonds. The van der Waals surface area contributed by atoms with E-state index in [9.17, 15) is 9.90 Å². The quantitative estimate of drug-likeness (QED) is 0.251. The number of aryl methyl sites for hydroxylation is 1. The fourth-order valence-electron chi connectivity index (χ4n) is 4.37. The first-order chi connectivity index (χ1) is 19.0.